The largest absolute Gasteiger partial charge is 0.323 e. The second kappa shape index (κ2) is 3.16. The summed E-state index contributed by atoms with van der Waals surface area (Å²) in [7, 11) is 0. The third-order valence-corrected chi connectivity index (χ3v) is 2.62. The van der Waals surface area contributed by atoms with Crippen LogP contribution in [0, 0.1) is 0 Å². The van der Waals surface area contributed by atoms with Crippen LogP contribution in [0.3, 0.4) is 0 Å². The summed E-state index contributed by atoms with van der Waals surface area (Å²) < 4.78 is 0. The summed E-state index contributed by atoms with van der Waals surface area (Å²) >= 11 is 0. The molecule has 0 amide bonds. The second-order valence-corrected chi connectivity index (χ2v) is 3.65. The first-order valence-electron chi connectivity index (χ1n) is 5.14. The molecule has 0 aliphatic heterocycles. The Kier molecular flexibility index (Phi) is 1.80. The zero-order valence-electron chi connectivity index (χ0n) is 8.74. The number of imidazole rings is 1. The van der Waals surface area contributed by atoms with Crippen molar-refractivity contribution in [2.75, 3.05) is 0 Å². The molecule has 3 heterocycles. The highest BCUT2D eigenvalue weighted by molar-refractivity contribution is 5.98. The van der Waals surface area contributed by atoms with Crippen molar-refractivity contribution in [2.45, 2.75) is 13.3 Å². The van der Waals surface area contributed by atoms with Gasteiger partial charge in [-0.3, -0.25) is 4.98 Å². The molecule has 0 saturated heterocycles. The fraction of sp³-hybridized carbons (Fsp3) is 0.182. The van der Waals surface area contributed by atoms with Crippen molar-refractivity contribution in [3.8, 4) is 0 Å². The number of aromatic amines is 2. The third-order valence-electron chi connectivity index (χ3n) is 2.62. The van der Waals surface area contributed by atoms with Gasteiger partial charge in [-0.2, -0.15) is 0 Å². The molecule has 5 nitrogen and oxygen atoms in total. The Morgan fingerprint density at radius 3 is 3.00 bits per heavy atom. The number of nitrogens with zero attached hydrogens (tertiary/aromatic N) is 2. The third kappa shape index (κ3) is 1.21. The summed E-state index contributed by atoms with van der Waals surface area (Å²) in [5, 5.41) is 0. The fourth-order valence-electron chi connectivity index (χ4n) is 1.79. The molecular weight excluding hydrogens is 204 g/mol. The highest BCUT2D eigenvalue weighted by Crippen LogP contribution is 2.17. The fourth-order valence-corrected chi connectivity index (χ4v) is 1.79. The van der Waals surface area contributed by atoms with E-state index in [0.717, 1.165) is 28.7 Å². The maximum absolute atomic E-state index is 11.2. The Bertz CT molecular complexity index is 726. The lowest BCUT2D eigenvalue weighted by Crippen LogP contribution is -1.99. The van der Waals surface area contributed by atoms with Gasteiger partial charge in [-0.25, -0.2) is 9.78 Å². The standard InChI is InChI=1S/C11H10N4O/c1-2-6-3-4-7-9(13-6)10-8(5-12-7)14-11(16)15-10/h3-5H,2H2,1H3,(H2,14,15,16). The van der Waals surface area contributed by atoms with E-state index in [2.05, 4.69) is 19.9 Å². The van der Waals surface area contributed by atoms with Crippen molar-refractivity contribution in [1.29, 1.82) is 0 Å². The van der Waals surface area contributed by atoms with Crippen molar-refractivity contribution in [3.63, 3.8) is 0 Å². The van der Waals surface area contributed by atoms with Crippen molar-refractivity contribution < 1.29 is 0 Å². The number of aryl methyl sites for hydroxylation is 1. The molecule has 16 heavy (non-hydrogen) atoms. The van der Waals surface area contributed by atoms with Gasteiger partial charge in [-0.05, 0) is 18.6 Å². The summed E-state index contributed by atoms with van der Waals surface area (Å²) in [5.74, 6) is 0. The van der Waals surface area contributed by atoms with Crippen LogP contribution in [0.15, 0.2) is 23.1 Å². The Morgan fingerprint density at radius 2 is 2.19 bits per heavy atom. The number of hydrogen-bond donors (Lipinski definition) is 2. The first-order chi connectivity index (χ1) is 7.78. The van der Waals surface area contributed by atoms with Gasteiger partial charge in [0.25, 0.3) is 0 Å². The number of aromatic nitrogens is 4. The predicted molar refractivity (Wildman–Crippen MR) is 61.4 cm³/mol. The second-order valence-electron chi connectivity index (χ2n) is 3.65. The average molecular weight is 214 g/mol. The molecule has 0 saturated carbocycles. The van der Waals surface area contributed by atoms with Crippen LogP contribution < -0.4 is 5.69 Å². The molecule has 0 bridgehead atoms. The van der Waals surface area contributed by atoms with Crippen molar-refractivity contribution in [3.05, 3.63) is 34.5 Å². The summed E-state index contributed by atoms with van der Waals surface area (Å²) in [5.41, 5.74) is 3.72. The van der Waals surface area contributed by atoms with Gasteiger partial charge in [-0.1, -0.05) is 6.92 Å². The highest BCUT2D eigenvalue weighted by atomic mass is 16.1. The van der Waals surface area contributed by atoms with Crippen LogP contribution in [0.5, 0.6) is 0 Å². The normalized spacial score (nSPS) is 11.3. The number of pyridine rings is 2. The lowest BCUT2D eigenvalue weighted by atomic mass is 10.2. The molecular formula is C11H10N4O. The SMILES string of the molecule is CCc1ccc2ncc3[nH]c(=O)[nH]c3c2n1. The lowest BCUT2D eigenvalue weighted by Gasteiger charge is -2.00. The van der Waals surface area contributed by atoms with E-state index < -0.39 is 0 Å². The van der Waals surface area contributed by atoms with Crippen LogP contribution in [0.2, 0.25) is 0 Å². The van der Waals surface area contributed by atoms with E-state index in [1.165, 1.54) is 0 Å². The van der Waals surface area contributed by atoms with Crippen LogP contribution >= 0.6 is 0 Å². The van der Waals surface area contributed by atoms with Crippen LogP contribution in [-0.2, 0) is 6.42 Å². The van der Waals surface area contributed by atoms with Crippen LogP contribution in [-0.4, -0.2) is 19.9 Å². The molecule has 0 aliphatic carbocycles. The van der Waals surface area contributed by atoms with Gasteiger partial charge < -0.3 is 9.97 Å². The smallest absolute Gasteiger partial charge is 0.304 e. The molecule has 0 unspecified atom stereocenters. The van der Waals surface area contributed by atoms with Crippen molar-refractivity contribution >= 4 is 22.1 Å². The topological polar surface area (TPSA) is 74.4 Å². The molecule has 0 aromatic carbocycles. The average Bonchev–Trinajstić information content (AvgIpc) is 2.69. The van der Waals surface area contributed by atoms with E-state index in [-0.39, 0.29) is 5.69 Å². The van der Waals surface area contributed by atoms with E-state index >= 15 is 0 Å². The van der Waals surface area contributed by atoms with Gasteiger partial charge in [0.05, 0.1) is 22.7 Å². The van der Waals surface area contributed by atoms with E-state index in [0.29, 0.717) is 5.52 Å². The summed E-state index contributed by atoms with van der Waals surface area (Å²) in [4.78, 5) is 25.4. The maximum atomic E-state index is 11.2. The Balaban J connectivity index is 2.51. The maximum Gasteiger partial charge on any atom is 0.323 e. The Hall–Kier alpha value is -2.17. The molecule has 5 heteroatoms. The Morgan fingerprint density at radius 1 is 1.31 bits per heavy atom. The molecule has 80 valence electrons. The minimum atomic E-state index is -0.229. The molecule has 3 rings (SSSR count). The minimum absolute atomic E-state index is 0.229. The van der Waals surface area contributed by atoms with Gasteiger partial charge in [-0.15, -0.1) is 0 Å². The quantitative estimate of drug-likeness (QED) is 0.642. The van der Waals surface area contributed by atoms with Gasteiger partial charge >= 0.3 is 5.69 Å². The first-order valence-corrected chi connectivity index (χ1v) is 5.14. The number of hydrogen-bond acceptors (Lipinski definition) is 3. The number of H-pyrrole nitrogens is 2. The molecule has 0 spiro atoms. The number of fused-ring (bicyclic) bond motifs is 3. The highest BCUT2D eigenvalue weighted by Gasteiger charge is 2.06. The van der Waals surface area contributed by atoms with E-state index in [9.17, 15) is 4.79 Å². The van der Waals surface area contributed by atoms with Crippen LogP contribution in [0.4, 0.5) is 0 Å². The van der Waals surface area contributed by atoms with E-state index in [1.54, 1.807) is 6.20 Å². The number of rotatable bonds is 1. The molecule has 3 aromatic heterocycles. The molecule has 3 aromatic rings. The zero-order chi connectivity index (χ0) is 11.1. The van der Waals surface area contributed by atoms with Crippen molar-refractivity contribution in [2.24, 2.45) is 0 Å². The van der Waals surface area contributed by atoms with Gasteiger partial charge in [0.1, 0.15) is 5.52 Å². The van der Waals surface area contributed by atoms with E-state index in [1.807, 2.05) is 19.1 Å². The van der Waals surface area contributed by atoms with Crippen LogP contribution in [0.1, 0.15) is 12.6 Å². The molecule has 0 atom stereocenters. The number of nitrogens with one attached hydrogen (secondary N) is 2. The predicted octanol–water partition coefficient (Wildman–Crippen LogP) is 1.36. The lowest BCUT2D eigenvalue weighted by molar-refractivity contribution is 1.06. The summed E-state index contributed by atoms with van der Waals surface area (Å²) in [6, 6.07) is 3.87. The summed E-state index contributed by atoms with van der Waals surface area (Å²) in [6.07, 6.45) is 2.50. The molecule has 0 fully saturated rings. The molecule has 0 aliphatic rings. The van der Waals surface area contributed by atoms with Gasteiger partial charge in [0, 0.05) is 5.69 Å². The minimum Gasteiger partial charge on any atom is -0.304 e. The van der Waals surface area contributed by atoms with Gasteiger partial charge in [0.2, 0.25) is 0 Å². The Labute approximate surface area is 90.6 Å². The van der Waals surface area contributed by atoms with E-state index in [4.69, 9.17) is 0 Å². The molecule has 0 radical (unpaired) electrons. The molecule has 2 N–H and O–H groups in total. The van der Waals surface area contributed by atoms with Crippen molar-refractivity contribution in [1.82, 2.24) is 19.9 Å². The zero-order valence-corrected chi connectivity index (χ0v) is 8.74. The van der Waals surface area contributed by atoms with Gasteiger partial charge in [0.15, 0.2) is 0 Å². The van der Waals surface area contributed by atoms with Crippen LogP contribution in [0.25, 0.3) is 22.1 Å². The first kappa shape index (κ1) is 9.08. The summed E-state index contributed by atoms with van der Waals surface area (Å²) in [6.45, 7) is 2.04. The monoisotopic (exact) mass is 214 g/mol.